The van der Waals surface area contributed by atoms with Gasteiger partial charge >= 0.3 is 0 Å². The first-order valence-corrected chi connectivity index (χ1v) is 13.7. The molecule has 1 aliphatic heterocycles. The molecule has 0 saturated carbocycles. The fraction of sp³-hybridized carbons (Fsp3) is 0.353. The number of aliphatic hydroxyl groups excluding tert-OH is 1. The van der Waals surface area contributed by atoms with E-state index in [1.54, 1.807) is 0 Å². The smallest absolute Gasteiger partial charge is 0.300 e. The van der Waals surface area contributed by atoms with Gasteiger partial charge in [-0.2, -0.15) is 0 Å². The molecule has 1 unspecified atom stereocenters. The Morgan fingerprint density at radius 3 is 2.03 bits per heavy atom. The van der Waals surface area contributed by atoms with Crippen molar-refractivity contribution in [2.24, 2.45) is 0 Å². The Morgan fingerprint density at radius 2 is 1.46 bits per heavy atom. The number of nitrogens with zero attached hydrogens (tertiary/aromatic N) is 2. The van der Waals surface area contributed by atoms with Crippen LogP contribution in [0.25, 0.3) is 5.76 Å². The Kier molecular flexibility index (Phi) is 7.74. The van der Waals surface area contributed by atoms with E-state index < -0.39 is 17.7 Å². The van der Waals surface area contributed by atoms with Crippen molar-refractivity contribution >= 4 is 28.8 Å². The minimum atomic E-state index is -0.754. The lowest BCUT2D eigenvalue weighted by molar-refractivity contribution is -0.132. The molecule has 4 rings (SSSR count). The van der Waals surface area contributed by atoms with Crippen LogP contribution in [0, 0.1) is 20.8 Å². The summed E-state index contributed by atoms with van der Waals surface area (Å²) in [6.45, 7) is 18.2. The fourth-order valence-electron chi connectivity index (χ4n) is 5.23. The standard InChI is InChI=1S/C34H40N2O3/c1-9-35(10-2)26-17-13-24(14-18-26)30-29(31(37)28-20-25(34(6,7)8)15-11-22(28)4)32(38)33(39)36(30)27-16-12-21(3)23(5)19-27/h11-20,30,37H,9-10H2,1-8H3/b31-29+. The van der Waals surface area contributed by atoms with Gasteiger partial charge in [0.1, 0.15) is 5.76 Å². The number of aryl methyl sites for hydroxylation is 3. The van der Waals surface area contributed by atoms with E-state index in [0.717, 1.165) is 46.6 Å². The summed E-state index contributed by atoms with van der Waals surface area (Å²) in [6, 6.07) is 18.9. The van der Waals surface area contributed by atoms with Crippen molar-refractivity contribution in [2.75, 3.05) is 22.9 Å². The van der Waals surface area contributed by atoms with Crippen LogP contribution in [0.2, 0.25) is 0 Å². The number of hydrogen-bond donors (Lipinski definition) is 1. The maximum absolute atomic E-state index is 13.7. The highest BCUT2D eigenvalue weighted by Crippen LogP contribution is 2.43. The summed E-state index contributed by atoms with van der Waals surface area (Å²) in [6.07, 6.45) is 0. The zero-order chi connectivity index (χ0) is 28.6. The molecule has 204 valence electrons. The average Bonchev–Trinajstić information content (AvgIpc) is 3.16. The fourth-order valence-corrected chi connectivity index (χ4v) is 5.23. The summed E-state index contributed by atoms with van der Waals surface area (Å²) in [5.41, 5.74) is 7.03. The lowest BCUT2D eigenvalue weighted by atomic mass is 9.84. The molecule has 39 heavy (non-hydrogen) atoms. The van der Waals surface area contributed by atoms with Gasteiger partial charge in [0, 0.05) is 30.0 Å². The van der Waals surface area contributed by atoms with Crippen molar-refractivity contribution in [1.29, 1.82) is 0 Å². The molecule has 0 aliphatic carbocycles. The molecular weight excluding hydrogens is 484 g/mol. The normalized spacial score (nSPS) is 17.1. The van der Waals surface area contributed by atoms with Gasteiger partial charge in [0.2, 0.25) is 0 Å². The van der Waals surface area contributed by atoms with Crippen molar-refractivity contribution in [3.63, 3.8) is 0 Å². The minimum Gasteiger partial charge on any atom is -0.507 e. The second kappa shape index (κ2) is 10.7. The maximum atomic E-state index is 13.7. The summed E-state index contributed by atoms with van der Waals surface area (Å²) in [5.74, 6) is -1.45. The summed E-state index contributed by atoms with van der Waals surface area (Å²) in [4.78, 5) is 31.1. The Bertz CT molecular complexity index is 1440. The molecular formula is C34H40N2O3. The monoisotopic (exact) mass is 524 g/mol. The average molecular weight is 525 g/mol. The first kappa shape index (κ1) is 28.2. The molecule has 1 saturated heterocycles. The number of carbonyl (C=O) groups excluding carboxylic acids is 2. The van der Waals surface area contributed by atoms with Crippen molar-refractivity contribution in [3.8, 4) is 0 Å². The summed E-state index contributed by atoms with van der Waals surface area (Å²) < 4.78 is 0. The number of aliphatic hydroxyl groups is 1. The Hall–Kier alpha value is -3.86. The van der Waals surface area contributed by atoms with Crippen molar-refractivity contribution in [3.05, 3.63) is 99.6 Å². The third-order valence-corrected chi connectivity index (χ3v) is 7.91. The predicted octanol–water partition coefficient (Wildman–Crippen LogP) is 7.38. The molecule has 0 radical (unpaired) electrons. The van der Waals surface area contributed by atoms with Gasteiger partial charge in [-0.15, -0.1) is 0 Å². The molecule has 5 heteroatoms. The molecule has 3 aromatic carbocycles. The molecule has 0 spiro atoms. The third kappa shape index (κ3) is 5.23. The van der Waals surface area contributed by atoms with Crippen molar-refractivity contribution in [2.45, 2.75) is 66.8 Å². The highest BCUT2D eigenvalue weighted by Gasteiger charge is 2.47. The molecule has 1 amide bonds. The number of ketones is 1. The Labute approximate surface area is 232 Å². The molecule has 1 fully saturated rings. The molecule has 0 aromatic heterocycles. The third-order valence-electron chi connectivity index (χ3n) is 7.91. The largest absolute Gasteiger partial charge is 0.507 e. The molecule has 1 N–H and O–H groups in total. The van der Waals surface area contributed by atoms with Gasteiger partial charge in [-0.25, -0.2) is 0 Å². The highest BCUT2D eigenvalue weighted by molar-refractivity contribution is 6.51. The van der Waals surface area contributed by atoms with E-state index in [1.807, 2.05) is 81.4 Å². The van der Waals surface area contributed by atoms with Gasteiger partial charge < -0.3 is 10.0 Å². The van der Waals surface area contributed by atoms with Crippen LogP contribution in [0.3, 0.4) is 0 Å². The number of amides is 1. The van der Waals surface area contributed by atoms with E-state index in [-0.39, 0.29) is 16.7 Å². The van der Waals surface area contributed by atoms with E-state index >= 15 is 0 Å². The van der Waals surface area contributed by atoms with Gasteiger partial charge in [-0.3, -0.25) is 14.5 Å². The van der Waals surface area contributed by atoms with Gasteiger partial charge in [0.05, 0.1) is 11.6 Å². The van der Waals surface area contributed by atoms with Gasteiger partial charge in [-0.1, -0.05) is 51.1 Å². The van der Waals surface area contributed by atoms with Gasteiger partial charge in [-0.05, 0) is 98.2 Å². The Morgan fingerprint density at radius 1 is 0.846 bits per heavy atom. The first-order valence-electron chi connectivity index (χ1n) is 13.7. The number of carbonyl (C=O) groups is 2. The SMILES string of the molecule is CCN(CC)c1ccc(C2/C(=C(\O)c3cc(C(C)(C)C)ccc3C)C(=O)C(=O)N2c2ccc(C)c(C)c2)cc1. The van der Waals surface area contributed by atoms with Crippen LogP contribution in [0.15, 0.2) is 66.2 Å². The number of rotatable bonds is 6. The van der Waals surface area contributed by atoms with Crippen molar-refractivity contribution < 1.29 is 14.7 Å². The molecule has 1 aliphatic rings. The quantitative estimate of drug-likeness (QED) is 0.208. The zero-order valence-corrected chi connectivity index (χ0v) is 24.4. The summed E-state index contributed by atoms with van der Waals surface area (Å²) in [5, 5.41) is 11.8. The van der Waals surface area contributed by atoms with Crippen LogP contribution in [-0.4, -0.2) is 29.9 Å². The maximum Gasteiger partial charge on any atom is 0.300 e. The Balaban J connectivity index is 1.96. The van der Waals surface area contributed by atoms with E-state index in [1.165, 1.54) is 4.90 Å². The minimum absolute atomic E-state index is 0.114. The topological polar surface area (TPSA) is 60.9 Å². The summed E-state index contributed by atoms with van der Waals surface area (Å²) in [7, 11) is 0. The molecule has 1 heterocycles. The van der Waals surface area contributed by atoms with E-state index in [0.29, 0.717) is 11.3 Å². The molecule has 1 atom stereocenters. The second-order valence-corrected chi connectivity index (χ2v) is 11.5. The van der Waals surface area contributed by atoms with E-state index in [9.17, 15) is 14.7 Å². The first-order chi connectivity index (χ1) is 18.4. The number of benzene rings is 3. The summed E-state index contributed by atoms with van der Waals surface area (Å²) >= 11 is 0. The van der Waals surface area contributed by atoms with Gasteiger partial charge in [0.25, 0.3) is 11.7 Å². The van der Waals surface area contributed by atoms with E-state index in [4.69, 9.17) is 0 Å². The van der Waals surface area contributed by atoms with Crippen molar-refractivity contribution in [1.82, 2.24) is 0 Å². The highest BCUT2D eigenvalue weighted by atomic mass is 16.3. The van der Waals surface area contributed by atoms with Crippen LogP contribution in [0.1, 0.15) is 74.0 Å². The number of hydrogen-bond acceptors (Lipinski definition) is 4. The van der Waals surface area contributed by atoms with Crippen LogP contribution in [0.4, 0.5) is 11.4 Å². The molecule has 0 bridgehead atoms. The van der Waals surface area contributed by atoms with Gasteiger partial charge in [0.15, 0.2) is 0 Å². The molecule has 3 aromatic rings. The van der Waals surface area contributed by atoms with Crippen LogP contribution >= 0.6 is 0 Å². The van der Waals surface area contributed by atoms with Crippen LogP contribution < -0.4 is 9.80 Å². The van der Waals surface area contributed by atoms with E-state index in [2.05, 4.69) is 39.5 Å². The number of Topliss-reactive ketones (excluding diaryl/α,β-unsaturated/α-hetero) is 1. The predicted molar refractivity (Wildman–Crippen MR) is 161 cm³/mol. The lowest BCUT2D eigenvalue weighted by Gasteiger charge is -2.27. The molecule has 5 nitrogen and oxygen atoms in total. The lowest BCUT2D eigenvalue weighted by Crippen LogP contribution is -2.29. The number of anilines is 2. The second-order valence-electron chi connectivity index (χ2n) is 11.5. The van der Waals surface area contributed by atoms with Crippen LogP contribution in [-0.2, 0) is 15.0 Å². The zero-order valence-electron chi connectivity index (χ0n) is 24.4. The van der Waals surface area contributed by atoms with Crippen LogP contribution in [0.5, 0.6) is 0 Å².